The molecule has 4 heteroatoms. The van der Waals surface area contributed by atoms with Crippen LogP contribution in [-0.2, 0) is 0 Å². The van der Waals surface area contributed by atoms with E-state index in [1.807, 2.05) is 19.0 Å². The molecule has 0 spiro atoms. The quantitative estimate of drug-likeness (QED) is 0.607. The molecule has 90 valence electrons. The number of hydrogen-bond donors (Lipinski definition) is 1. The number of rotatable bonds is 6. The maximum atomic E-state index is 11.7. The van der Waals surface area contributed by atoms with Gasteiger partial charge in [0.1, 0.15) is 0 Å². The zero-order valence-electron chi connectivity index (χ0n) is 10.5. The topological polar surface area (TPSA) is 32.3 Å². The van der Waals surface area contributed by atoms with Crippen LogP contribution in [0.1, 0.15) is 31.7 Å². The van der Waals surface area contributed by atoms with Gasteiger partial charge in [-0.2, -0.15) is 0 Å². The van der Waals surface area contributed by atoms with Crippen molar-refractivity contribution in [2.24, 2.45) is 0 Å². The smallest absolute Gasteiger partial charge is 0.220 e. The van der Waals surface area contributed by atoms with E-state index in [0.29, 0.717) is 10.4 Å². The molecule has 0 aliphatic carbocycles. The van der Waals surface area contributed by atoms with E-state index in [0.717, 1.165) is 30.8 Å². The highest BCUT2D eigenvalue weighted by Gasteiger charge is 2.22. The van der Waals surface area contributed by atoms with E-state index >= 15 is 0 Å². The SMILES string of the molecule is CNCCCN(C)c1c(C(C)C)c(=S)c1=O. The van der Waals surface area contributed by atoms with Crippen LogP contribution in [0.3, 0.4) is 0 Å². The van der Waals surface area contributed by atoms with Crippen LogP contribution < -0.4 is 15.6 Å². The lowest BCUT2D eigenvalue weighted by Gasteiger charge is -2.25. The molecule has 0 aliphatic heterocycles. The Morgan fingerprint density at radius 1 is 1.44 bits per heavy atom. The third-order valence-corrected chi connectivity index (χ3v) is 3.21. The van der Waals surface area contributed by atoms with E-state index in [2.05, 4.69) is 19.2 Å². The minimum Gasteiger partial charge on any atom is -0.371 e. The Bertz CT molecular complexity index is 419. The van der Waals surface area contributed by atoms with Gasteiger partial charge in [0.2, 0.25) is 5.43 Å². The van der Waals surface area contributed by atoms with Crippen LogP contribution >= 0.6 is 12.2 Å². The second kappa shape index (κ2) is 5.55. The molecule has 0 amide bonds. The first-order valence-electron chi connectivity index (χ1n) is 5.69. The molecule has 0 saturated heterocycles. The van der Waals surface area contributed by atoms with Gasteiger partial charge in [0.05, 0.1) is 10.2 Å². The monoisotopic (exact) mass is 240 g/mol. The molecule has 1 aromatic rings. The van der Waals surface area contributed by atoms with Gasteiger partial charge < -0.3 is 10.2 Å². The van der Waals surface area contributed by atoms with Gasteiger partial charge >= 0.3 is 0 Å². The van der Waals surface area contributed by atoms with E-state index < -0.39 is 0 Å². The molecule has 16 heavy (non-hydrogen) atoms. The molecule has 0 saturated carbocycles. The lowest BCUT2D eigenvalue weighted by atomic mass is 9.96. The lowest BCUT2D eigenvalue weighted by molar-refractivity contribution is 0.705. The fourth-order valence-corrected chi connectivity index (χ4v) is 2.35. The van der Waals surface area contributed by atoms with Crippen molar-refractivity contribution >= 4 is 17.9 Å². The van der Waals surface area contributed by atoms with Gasteiger partial charge in [-0.1, -0.05) is 26.1 Å². The molecule has 3 nitrogen and oxygen atoms in total. The van der Waals surface area contributed by atoms with Crippen molar-refractivity contribution in [3.63, 3.8) is 0 Å². The van der Waals surface area contributed by atoms with Crippen LogP contribution in [-0.4, -0.2) is 27.2 Å². The standard InChI is InChI=1S/C12H20N2OS/c1-8(2)9-10(11(15)12(9)16)14(4)7-5-6-13-3/h8,13H,5-7H2,1-4H3. The average molecular weight is 240 g/mol. The van der Waals surface area contributed by atoms with Crippen molar-refractivity contribution in [2.45, 2.75) is 26.2 Å². The lowest BCUT2D eigenvalue weighted by Crippen LogP contribution is -2.32. The van der Waals surface area contributed by atoms with E-state index in [1.165, 1.54) is 0 Å². The number of nitrogens with zero attached hydrogens (tertiary/aromatic N) is 1. The summed E-state index contributed by atoms with van der Waals surface area (Å²) in [5, 5.41) is 3.10. The first-order valence-corrected chi connectivity index (χ1v) is 6.10. The predicted molar refractivity (Wildman–Crippen MR) is 71.8 cm³/mol. The van der Waals surface area contributed by atoms with Crippen LogP contribution in [0, 0.1) is 4.51 Å². The highest BCUT2D eigenvalue weighted by atomic mass is 32.1. The van der Waals surface area contributed by atoms with E-state index in [4.69, 9.17) is 12.2 Å². The summed E-state index contributed by atoms with van der Waals surface area (Å²) in [4.78, 5) is 13.7. The molecule has 0 aliphatic rings. The Hall–Kier alpha value is -0.740. The van der Waals surface area contributed by atoms with Gasteiger partial charge in [-0.3, -0.25) is 4.79 Å². The van der Waals surface area contributed by atoms with Gasteiger partial charge in [-0.05, 0) is 25.9 Å². The second-order valence-corrected chi connectivity index (χ2v) is 4.86. The van der Waals surface area contributed by atoms with Gasteiger partial charge in [0, 0.05) is 19.2 Å². The molecule has 0 fully saturated rings. The zero-order chi connectivity index (χ0) is 12.3. The Morgan fingerprint density at radius 2 is 2.06 bits per heavy atom. The van der Waals surface area contributed by atoms with E-state index in [9.17, 15) is 4.79 Å². The molecule has 1 aromatic carbocycles. The molecule has 0 aromatic heterocycles. The number of nitrogens with one attached hydrogen (secondary N) is 1. The summed E-state index contributed by atoms with van der Waals surface area (Å²) in [7, 11) is 3.90. The first kappa shape index (κ1) is 13.3. The van der Waals surface area contributed by atoms with Crippen molar-refractivity contribution in [1.82, 2.24) is 5.32 Å². The Labute approximate surface area is 102 Å². The maximum Gasteiger partial charge on any atom is 0.220 e. The van der Waals surface area contributed by atoms with Gasteiger partial charge in [-0.15, -0.1) is 0 Å². The summed E-state index contributed by atoms with van der Waals surface area (Å²) < 4.78 is 0.533. The molecule has 1 N–H and O–H groups in total. The maximum absolute atomic E-state index is 11.7. The molecule has 1 rings (SSSR count). The van der Waals surface area contributed by atoms with Crippen molar-refractivity contribution in [3.8, 4) is 0 Å². The Kier molecular flexibility index (Phi) is 4.62. The molecule has 0 unspecified atom stereocenters. The summed E-state index contributed by atoms with van der Waals surface area (Å²) in [6, 6.07) is 0. The first-order chi connectivity index (χ1) is 7.50. The highest BCUT2D eigenvalue weighted by molar-refractivity contribution is 7.71. The van der Waals surface area contributed by atoms with E-state index in [-0.39, 0.29) is 5.43 Å². The van der Waals surface area contributed by atoms with Crippen molar-refractivity contribution in [2.75, 3.05) is 32.1 Å². The zero-order valence-corrected chi connectivity index (χ0v) is 11.3. The fraction of sp³-hybridized carbons (Fsp3) is 0.667. The van der Waals surface area contributed by atoms with Crippen LogP contribution in [0.25, 0.3) is 0 Å². The fourth-order valence-electron chi connectivity index (χ4n) is 1.92. The van der Waals surface area contributed by atoms with Gasteiger partial charge in [0.15, 0.2) is 0 Å². The summed E-state index contributed by atoms with van der Waals surface area (Å²) in [5.41, 5.74) is 1.94. The minimum absolute atomic E-state index is 0.0469. The molecule has 0 bridgehead atoms. The second-order valence-electron chi connectivity index (χ2n) is 4.45. The highest BCUT2D eigenvalue weighted by Crippen LogP contribution is 2.27. The van der Waals surface area contributed by atoms with Crippen molar-refractivity contribution < 1.29 is 0 Å². The third-order valence-electron chi connectivity index (χ3n) is 2.80. The number of hydrogen-bond acceptors (Lipinski definition) is 4. The van der Waals surface area contributed by atoms with Gasteiger partial charge in [0.25, 0.3) is 0 Å². The molecular formula is C12H20N2OS. The van der Waals surface area contributed by atoms with E-state index in [1.54, 1.807) is 0 Å². The van der Waals surface area contributed by atoms with Crippen LogP contribution in [0.4, 0.5) is 5.69 Å². The van der Waals surface area contributed by atoms with Crippen molar-refractivity contribution in [3.05, 3.63) is 20.3 Å². The normalized spacial score (nSPS) is 11.3. The molecular weight excluding hydrogens is 220 g/mol. The molecule has 0 radical (unpaired) electrons. The average Bonchev–Trinajstić information content (AvgIpc) is 2.23. The van der Waals surface area contributed by atoms with Crippen molar-refractivity contribution in [1.29, 1.82) is 0 Å². The largest absolute Gasteiger partial charge is 0.371 e. The summed E-state index contributed by atoms with van der Waals surface area (Å²) in [6.45, 7) is 6.01. The minimum atomic E-state index is 0.0469. The van der Waals surface area contributed by atoms with Crippen LogP contribution in [0.2, 0.25) is 0 Å². The summed E-state index contributed by atoms with van der Waals surface area (Å²) >= 11 is 5.09. The summed E-state index contributed by atoms with van der Waals surface area (Å²) in [6.07, 6.45) is 1.03. The Balaban J connectivity index is 2.76. The Morgan fingerprint density at radius 3 is 2.56 bits per heavy atom. The van der Waals surface area contributed by atoms with Gasteiger partial charge in [-0.25, -0.2) is 0 Å². The van der Waals surface area contributed by atoms with Crippen LogP contribution in [0.5, 0.6) is 0 Å². The number of anilines is 1. The predicted octanol–water partition coefficient (Wildman–Crippen LogP) is 1.82. The molecule has 0 heterocycles. The summed E-state index contributed by atoms with van der Waals surface area (Å²) in [5.74, 6) is 0.340. The third kappa shape index (κ3) is 2.50. The molecule has 0 atom stereocenters. The van der Waals surface area contributed by atoms with Crippen LogP contribution in [0.15, 0.2) is 4.79 Å².